The van der Waals surface area contributed by atoms with Gasteiger partial charge in [0, 0.05) is 49.7 Å². The van der Waals surface area contributed by atoms with E-state index in [0.29, 0.717) is 17.5 Å². The summed E-state index contributed by atoms with van der Waals surface area (Å²) in [5, 5.41) is 4.36. The molecule has 3 heterocycles. The maximum atomic E-state index is 7.04. The molecule has 0 amide bonds. The van der Waals surface area contributed by atoms with Crippen LogP contribution in [0.3, 0.4) is 0 Å². The van der Waals surface area contributed by atoms with E-state index in [-0.39, 0.29) is 0 Å². The van der Waals surface area contributed by atoms with E-state index in [1.54, 1.807) is 0 Å². The Morgan fingerprint density at radius 2 is 0.825 bits per heavy atom. The Morgan fingerprint density at radius 3 is 1.48 bits per heavy atom. The number of nitrogens with zero attached hydrogens (tertiary/aromatic N) is 5. The van der Waals surface area contributed by atoms with E-state index in [9.17, 15) is 0 Å². The largest absolute Gasteiger partial charge is 0.453 e. The van der Waals surface area contributed by atoms with Gasteiger partial charge in [0.05, 0.1) is 22.3 Å². The number of hydrogen-bond donors (Lipinski definition) is 0. The molecule has 12 rings (SSSR count). The van der Waals surface area contributed by atoms with Crippen LogP contribution in [-0.4, -0.2) is 19.5 Å². The first-order chi connectivity index (χ1) is 31.2. The smallest absolute Gasteiger partial charge is 0.167 e. The number of para-hydroxylation sites is 5. The molecular formula is C57H37N5O. The van der Waals surface area contributed by atoms with Crippen LogP contribution in [0.15, 0.2) is 229 Å². The van der Waals surface area contributed by atoms with Crippen LogP contribution < -0.4 is 4.90 Å². The van der Waals surface area contributed by atoms with Crippen molar-refractivity contribution in [1.82, 2.24) is 19.5 Å². The molecule has 0 radical (unpaired) electrons. The van der Waals surface area contributed by atoms with Crippen LogP contribution in [0, 0.1) is 0 Å². The molecule has 0 unspecified atom stereocenters. The molecule has 3 aromatic heterocycles. The van der Waals surface area contributed by atoms with Gasteiger partial charge in [-0.15, -0.1) is 0 Å². The summed E-state index contributed by atoms with van der Waals surface area (Å²) in [6.07, 6.45) is 0. The number of furan rings is 1. The summed E-state index contributed by atoms with van der Waals surface area (Å²) in [4.78, 5) is 17.3. The molecule has 0 N–H and O–H groups in total. The molecule has 296 valence electrons. The summed E-state index contributed by atoms with van der Waals surface area (Å²) in [6.45, 7) is 0. The van der Waals surface area contributed by atoms with Crippen molar-refractivity contribution >= 4 is 60.8 Å². The molecule has 0 atom stereocenters. The molecule has 0 aliphatic carbocycles. The highest BCUT2D eigenvalue weighted by atomic mass is 16.3. The van der Waals surface area contributed by atoms with Crippen molar-refractivity contribution in [2.24, 2.45) is 0 Å². The first kappa shape index (κ1) is 36.3. The molecule has 0 saturated heterocycles. The second-order valence-corrected chi connectivity index (χ2v) is 15.6. The van der Waals surface area contributed by atoms with Crippen molar-refractivity contribution in [2.45, 2.75) is 0 Å². The SMILES string of the molecule is c1ccc(-c2nc(-c3ccccc3)nc(-c3cccc4c3oc3c(-n5c6ccccc6c6cc(-c7ccc(N(c8ccccc8)c8ccccc8)cc7)ccc65)cccc34)n2)cc1. The van der Waals surface area contributed by atoms with Crippen molar-refractivity contribution in [3.8, 4) is 51.0 Å². The standard InChI is InChI=1S/C57H37N5O/c1-5-17-39(18-6-1)55-58-56(40-19-7-2-8-20-40)60-57(59-55)48-28-15-26-46-47-27-16-30-52(54(47)63-53(46)48)62-50-29-14-13-25-45(50)49-37-41(33-36-51(49)62)38-31-34-44(35-32-38)61(42-21-9-3-10-22-42)43-23-11-4-12-24-43/h1-37H. The summed E-state index contributed by atoms with van der Waals surface area (Å²) in [5.41, 5.74) is 13.0. The van der Waals surface area contributed by atoms with Crippen molar-refractivity contribution in [3.05, 3.63) is 224 Å². The molecule has 0 fully saturated rings. The predicted octanol–water partition coefficient (Wildman–Crippen LogP) is 15.0. The average molecular weight is 808 g/mol. The molecule has 12 aromatic rings. The Labute approximate surface area is 363 Å². The van der Waals surface area contributed by atoms with Gasteiger partial charge in [-0.25, -0.2) is 15.0 Å². The molecule has 0 bridgehead atoms. The zero-order valence-electron chi connectivity index (χ0n) is 34.0. The van der Waals surface area contributed by atoms with Gasteiger partial charge in [-0.1, -0.05) is 158 Å². The Balaban J connectivity index is 0.981. The van der Waals surface area contributed by atoms with Crippen LogP contribution in [0.25, 0.3) is 94.7 Å². The van der Waals surface area contributed by atoms with E-state index in [0.717, 1.165) is 83.5 Å². The van der Waals surface area contributed by atoms with E-state index in [1.807, 2.05) is 66.7 Å². The van der Waals surface area contributed by atoms with E-state index in [2.05, 4.69) is 167 Å². The van der Waals surface area contributed by atoms with Crippen LogP contribution in [0.1, 0.15) is 0 Å². The molecular weight excluding hydrogens is 771 g/mol. The second-order valence-electron chi connectivity index (χ2n) is 15.6. The number of rotatable bonds is 8. The van der Waals surface area contributed by atoms with Gasteiger partial charge in [-0.3, -0.25) is 0 Å². The summed E-state index contributed by atoms with van der Waals surface area (Å²) in [7, 11) is 0. The second kappa shape index (κ2) is 15.1. The lowest BCUT2D eigenvalue weighted by molar-refractivity contribution is 0.667. The van der Waals surface area contributed by atoms with Crippen LogP contribution in [0.5, 0.6) is 0 Å². The van der Waals surface area contributed by atoms with Crippen molar-refractivity contribution < 1.29 is 4.42 Å². The van der Waals surface area contributed by atoms with E-state index in [4.69, 9.17) is 19.4 Å². The normalized spacial score (nSPS) is 11.5. The minimum atomic E-state index is 0.555. The number of anilines is 3. The first-order valence-corrected chi connectivity index (χ1v) is 21.1. The highest BCUT2D eigenvalue weighted by Crippen LogP contribution is 2.42. The van der Waals surface area contributed by atoms with E-state index in [1.165, 1.54) is 10.8 Å². The van der Waals surface area contributed by atoms with Gasteiger partial charge >= 0.3 is 0 Å². The maximum Gasteiger partial charge on any atom is 0.167 e. The molecule has 63 heavy (non-hydrogen) atoms. The topological polar surface area (TPSA) is 60.0 Å². The van der Waals surface area contributed by atoms with E-state index >= 15 is 0 Å². The lowest BCUT2D eigenvalue weighted by Gasteiger charge is -2.25. The summed E-state index contributed by atoms with van der Waals surface area (Å²) in [5.74, 6) is 1.77. The van der Waals surface area contributed by atoms with E-state index < -0.39 is 0 Å². The first-order valence-electron chi connectivity index (χ1n) is 21.1. The third kappa shape index (κ3) is 6.32. The van der Waals surface area contributed by atoms with Gasteiger partial charge in [-0.05, 0) is 77.9 Å². The zero-order valence-corrected chi connectivity index (χ0v) is 34.0. The Hall–Kier alpha value is -8.61. The van der Waals surface area contributed by atoms with Gasteiger partial charge in [0.15, 0.2) is 23.1 Å². The third-order valence-electron chi connectivity index (χ3n) is 11.8. The third-order valence-corrected chi connectivity index (χ3v) is 11.8. The molecule has 0 spiro atoms. The van der Waals surface area contributed by atoms with Gasteiger partial charge in [0.1, 0.15) is 5.58 Å². The van der Waals surface area contributed by atoms with Gasteiger partial charge in [-0.2, -0.15) is 0 Å². The summed E-state index contributed by atoms with van der Waals surface area (Å²) < 4.78 is 9.38. The highest BCUT2D eigenvalue weighted by molar-refractivity contribution is 6.14. The molecule has 6 heteroatoms. The highest BCUT2D eigenvalue weighted by Gasteiger charge is 2.22. The number of benzene rings is 9. The minimum Gasteiger partial charge on any atom is -0.453 e. The molecule has 6 nitrogen and oxygen atoms in total. The predicted molar refractivity (Wildman–Crippen MR) is 258 cm³/mol. The van der Waals surface area contributed by atoms with Crippen molar-refractivity contribution in [1.29, 1.82) is 0 Å². The fourth-order valence-corrected chi connectivity index (χ4v) is 8.90. The van der Waals surface area contributed by atoms with Gasteiger partial charge < -0.3 is 13.9 Å². The number of hydrogen-bond acceptors (Lipinski definition) is 5. The van der Waals surface area contributed by atoms with Crippen LogP contribution in [-0.2, 0) is 0 Å². The zero-order chi connectivity index (χ0) is 41.7. The lowest BCUT2D eigenvalue weighted by Crippen LogP contribution is -2.09. The number of fused-ring (bicyclic) bond motifs is 6. The van der Waals surface area contributed by atoms with Crippen LogP contribution in [0.4, 0.5) is 17.1 Å². The fourth-order valence-electron chi connectivity index (χ4n) is 8.90. The monoisotopic (exact) mass is 807 g/mol. The Morgan fingerprint density at radius 1 is 0.333 bits per heavy atom. The van der Waals surface area contributed by atoms with Crippen molar-refractivity contribution in [3.63, 3.8) is 0 Å². The summed E-state index contributed by atoms with van der Waals surface area (Å²) in [6, 6.07) is 78.0. The van der Waals surface area contributed by atoms with Gasteiger partial charge in [0.25, 0.3) is 0 Å². The Bertz CT molecular complexity index is 3510. The van der Waals surface area contributed by atoms with Crippen molar-refractivity contribution in [2.75, 3.05) is 4.90 Å². The average Bonchev–Trinajstić information content (AvgIpc) is 3.91. The molecule has 9 aromatic carbocycles. The molecule has 0 aliphatic rings. The Kier molecular flexibility index (Phi) is 8.71. The lowest BCUT2D eigenvalue weighted by atomic mass is 10.0. The molecule has 0 aliphatic heterocycles. The molecule has 0 saturated carbocycles. The number of aromatic nitrogens is 4. The van der Waals surface area contributed by atoms with Crippen LogP contribution >= 0.6 is 0 Å². The minimum absolute atomic E-state index is 0.555. The maximum absolute atomic E-state index is 7.04. The quantitative estimate of drug-likeness (QED) is 0.153. The van der Waals surface area contributed by atoms with Crippen LogP contribution in [0.2, 0.25) is 0 Å². The van der Waals surface area contributed by atoms with Gasteiger partial charge in [0.2, 0.25) is 0 Å². The summed E-state index contributed by atoms with van der Waals surface area (Å²) >= 11 is 0. The fraction of sp³-hybridized carbons (Fsp3) is 0.